The highest BCUT2D eigenvalue weighted by atomic mass is 16.5. The highest BCUT2D eigenvalue weighted by molar-refractivity contribution is 5.78. The van der Waals surface area contributed by atoms with E-state index in [1.807, 2.05) is 13.8 Å². The van der Waals surface area contributed by atoms with Crippen LogP contribution in [0.3, 0.4) is 0 Å². The van der Waals surface area contributed by atoms with Gasteiger partial charge in [-0.15, -0.1) is 0 Å². The Morgan fingerprint density at radius 3 is 3.00 bits per heavy atom. The molecule has 1 amide bonds. The third-order valence-corrected chi connectivity index (χ3v) is 2.76. The Balaban J connectivity index is 2.58. The first-order valence-corrected chi connectivity index (χ1v) is 5.19. The minimum atomic E-state index is -0.148. The number of hydrogen-bond acceptors (Lipinski definition) is 3. The Morgan fingerprint density at radius 1 is 1.71 bits per heavy atom. The summed E-state index contributed by atoms with van der Waals surface area (Å²) in [4.78, 5) is 13.6. The van der Waals surface area contributed by atoms with Crippen LogP contribution in [0.4, 0.5) is 0 Å². The van der Waals surface area contributed by atoms with Gasteiger partial charge in [-0.05, 0) is 6.42 Å². The van der Waals surface area contributed by atoms with Gasteiger partial charge in [-0.2, -0.15) is 0 Å². The van der Waals surface area contributed by atoms with Crippen LogP contribution in [-0.4, -0.2) is 48.3 Å². The molecule has 1 heterocycles. The maximum absolute atomic E-state index is 11.9. The summed E-state index contributed by atoms with van der Waals surface area (Å²) in [5.41, 5.74) is 0. The van der Waals surface area contributed by atoms with E-state index in [0.29, 0.717) is 19.8 Å². The van der Waals surface area contributed by atoms with Crippen LogP contribution in [0, 0.1) is 5.92 Å². The summed E-state index contributed by atoms with van der Waals surface area (Å²) in [6, 6.07) is -0.148. The van der Waals surface area contributed by atoms with Crippen molar-refractivity contribution in [2.24, 2.45) is 5.92 Å². The van der Waals surface area contributed by atoms with Crippen LogP contribution in [0.5, 0.6) is 0 Å². The Morgan fingerprint density at radius 2 is 2.43 bits per heavy atom. The number of ether oxygens (including phenoxy) is 1. The lowest BCUT2D eigenvalue weighted by atomic mass is 10.1. The van der Waals surface area contributed by atoms with Gasteiger partial charge in [0.25, 0.3) is 0 Å². The van der Waals surface area contributed by atoms with Gasteiger partial charge in [0, 0.05) is 12.5 Å². The molecule has 0 aromatic heterocycles. The molecule has 1 aliphatic heterocycles. The van der Waals surface area contributed by atoms with Gasteiger partial charge < -0.3 is 14.7 Å². The first-order valence-electron chi connectivity index (χ1n) is 5.19. The lowest BCUT2D eigenvalue weighted by Crippen LogP contribution is -2.52. The van der Waals surface area contributed by atoms with Crippen molar-refractivity contribution in [3.05, 3.63) is 0 Å². The molecule has 0 radical (unpaired) electrons. The van der Waals surface area contributed by atoms with Crippen molar-refractivity contribution < 1.29 is 14.6 Å². The molecule has 0 aliphatic carbocycles. The molecule has 1 rings (SSSR count). The van der Waals surface area contributed by atoms with Gasteiger partial charge in [0.05, 0.1) is 25.9 Å². The maximum atomic E-state index is 11.9. The fourth-order valence-electron chi connectivity index (χ4n) is 1.55. The molecule has 0 bridgehead atoms. The van der Waals surface area contributed by atoms with Crippen LogP contribution in [0.2, 0.25) is 0 Å². The number of amides is 1. The summed E-state index contributed by atoms with van der Waals surface area (Å²) < 4.78 is 5.21. The number of aliphatic hydroxyl groups is 1. The molecule has 0 saturated carbocycles. The monoisotopic (exact) mass is 201 g/mol. The van der Waals surface area contributed by atoms with E-state index >= 15 is 0 Å². The molecule has 1 aliphatic rings. The first-order chi connectivity index (χ1) is 6.70. The molecule has 2 unspecified atom stereocenters. The van der Waals surface area contributed by atoms with E-state index in [4.69, 9.17) is 9.84 Å². The number of carbonyl (C=O) groups is 1. The third kappa shape index (κ3) is 2.45. The zero-order valence-electron chi connectivity index (χ0n) is 8.90. The Labute approximate surface area is 84.8 Å². The standard InChI is InChI=1S/C10H19NO3/c1-3-8(2)10(13)11-4-5-14-7-9(11)6-12/h8-9,12H,3-7H2,1-2H3. The smallest absolute Gasteiger partial charge is 0.225 e. The molecule has 2 atom stereocenters. The number of hydrogen-bond donors (Lipinski definition) is 1. The van der Waals surface area contributed by atoms with Crippen LogP contribution in [-0.2, 0) is 9.53 Å². The van der Waals surface area contributed by atoms with Gasteiger partial charge in [0.15, 0.2) is 0 Å². The van der Waals surface area contributed by atoms with E-state index in [-0.39, 0.29) is 24.5 Å². The van der Waals surface area contributed by atoms with Gasteiger partial charge in [0.1, 0.15) is 0 Å². The lowest BCUT2D eigenvalue weighted by molar-refractivity contribution is -0.145. The van der Waals surface area contributed by atoms with Gasteiger partial charge >= 0.3 is 0 Å². The molecular weight excluding hydrogens is 182 g/mol. The number of morpholine rings is 1. The second kappa shape index (κ2) is 5.32. The quantitative estimate of drug-likeness (QED) is 0.712. The minimum absolute atomic E-state index is 0.0117. The summed E-state index contributed by atoms with van der Waals surface area (Å²) >= 11 is 0. The fourth-order valence-corrected chi connectivity index (χ4v) is 1.55. The number of aliphatic hydroxyl groups excluding tert-OH is 1. The van der Waals surface area contributed by atoms with Crippen LogP contribution in [0.25, 0.3) is 0 Å². The molecule has 82 valence electrons. The van der Waals surface area contributed by atoms with Crippen LogP contribution < -0.4 is 0 Å². The van der Waals surface area contributed by atoms with E-state index in [0.717, 1.165) is 6.42 Å². The SMILES string of the molecule is CCC(C)C(=O)N1CCOCC1CO. The van der Waals surface area contributed by atoms with Crippen LogP contribution in [0.1, 0.15) is 20.3 Å². The van der Waals surface area contributed by atoms with E-state index in [1.165, 1.54) is 0 Å². The van der Waals surface area contributed by atoms with Crippen molar-refractivity contribution in [3.8, 4) is 0 Å². The normalized spacial score (nSPS) is 24.8. The summed E-state index contributed by atoms with van der Waals surface area (Å²) in [5, 5.41) is 9.09. The topological polar surface area (TPSA) is 49.8 Å². The highest BCUT2D eigenvalue weighted by Gasteiger charge is 2.28. The van der Waals surface area contributed by atoms with E-state index in [1.54, 1.807) is 4.90 Å². The van der Waals surface area contributed by atoms with Crippen molar-refractivity contribution in [1.82, 2.24) is 4.90 Å². The molecule has 0 aromatic rings. The van der Waals surface area contributed by atoms with Gasteiger partial charge in [-0.3, -0.25) is 4.79 Å². The van der Waals surface area contributed by atoms with Crippen LogP contribution in [0.15, 0.2) is 0 Å². The summed E-state index contributed by atoms with van der Waals surface area (Å²) in [7, 11) is 0. The molecule has 0 spiro atoms. The van der Waals surface area contributed by atoms with Crippen molar-refractivity contribution in [2.75, 3.05) is 26.4 Å². The number of rotatable bonds is 3. The molecule has 0 aromatic carbocycles. The minimum Gasteiger partial charge on any atom is -0.394 e. The Kier molecular flexibility index (Phi) is 4.35. The second-order valence-electron chi connectivity index (χ2n) is 3.75. The molecule has 1 N–H and O–H groups in total. The number of nitrogens with zero attached hydrogens (tertiary/aromatic N) is 1. The van der Waals surface area contributed by atoms with Gasteiger partial charge in [-0.1, -0.05) is 13.8 Å². The van der Waals surface area contributed by atoms with E-state index in [9.17, 15) is 4.79 Å². The predicted molar refractivity (Wildman–Crippen MR) is 52.9 cm³/mol. The molecule has 14 heavy (non-hydrogen) atoms. The molecule has 1 saturated heterocycles. The predicted octanol–water partition coefficient (Wildman–Crippen LogP) is 0.252. The van der Waals surface area contributed by atoms with Crippen molar-refractivity contribution in [1.29, 1.82) is 0 Å². The van der Waals surface area contributed by atoms with E-state index in [2.05, 4.69) is 0 Å². The van der Waals surface area contributed by atoms with Gasteiger partial charge in [0.2, 0.25) is 5.91 Å². The Hall–Kier alpha value is -0.610. The largest absolute Gasteiger partial charge is 0.394 e. The van der Waals surface area contributed by atoms with Crippen molar-refractivity contribution in [3.63, 3.8) is 0 Å². The number of carbonyl (C=O) groups excluding carboxylic acids is 1. The van der Waals surface area contributed by atoms with Crippen molar-refractivity contribution in [2.45, 2.75) is 26.3 Å². The lowest BCUT2D eigenvalue weighted by Gasteiger charge is -2.36. The van der Waals surface area contributed by atoms with Crippen molar-refractivity contribution >= 4 is 5.91 Å². The Bertz CT molecular complexity index is 196. The molecule has 4 heteroatoms. The summed E-state index contributed by atoms with van der Waals surface area (Å²) in [6.07, 6.45) is 0.842. The molecular formula is C10H19NO3. The average molecular weight is 201 g/mol. The zero-order valence-corrected chi connectivity index (χ0v) is 8.90. The maximum Gasteiger partial charge on any atom is 0.225 e. The molecule has 1 fully saturated rings. The van der Waals surface area contributed by atoms with Gasteiger partial charge in [-0.25, -0.2) is 0 Å². The first kappa shape index (κ1) is 11.5. The summed E-state index contributed by atoms with van der Waals surface area (Å²) in [5.74, 6) is 0.178. The summed E-state index contributed by atoms with van der Waals surface area (Å²) in [6.45, 7) is 5.55. The third-order valence-electron chi connectivity index (χ3n) is 2.76. The second-order valence-corrected chi connectivity index (χ2v) is 3.75. The van der Waals surface area contributed by atoms with Crippen LogP contribution >= 0.6 is 0 Å². The fraction of sp³-hybridized carbons (Fsp3) is 0.900. The zero-order chi connectivity index (χ0) is 10.6. The highest BCUT2D eigenvalue weighted by Crippen LogP contribution is 2.13. The molecule has 4 nitrogen and oxygen atoms in total. The van der Waals surface area contributed by atoms with E-state index < -0.39 is 0 Å². The average Bonchev–Trinajstić information content (AvgIpc) is 2.26.